The highest BCUT2D eigenvalue weighted by molar-refractivity contribution is 7.11. The van der Waals surface area contributed by atoms with E-state index in [1.54, 1.807) is 23.5 Å². The van der Waals surface area contributed by atoms with E-state index in [0.29, 0.717) is 0 Å². The first-order valence-electron chi connectivity index (χ1n) is 6.43. The molecule has 1 heterocycles. The van der Waals surface area contributed by atoms with E-state index in [0.717, 1.165) is 16.3 Å². The summed E-state index contributed by atoms with van der Waals surface area (Å²) in [6.07, 6.45) is 0. The van der Waals surface area contributed by atoms with Gasteiger partial charge in [-0.05, 0) is 45.4 Å². The van der Waals surface area contributed by atoms with Crippen LogP contribution in [0.25, 0.3) is 0 Å². The van der Waals surface area contributed by atoms with Crippen LogP contribution in [-0.2, 0) is 0 Å². The molecule has 0 spiro atoms. The van der Waals surface area contributed by atoms with Gasteiger partial charge in [-0.25, -0.2) is 9.37 Å². The van der Waals surface area contributed by atoms with Crippen molar-refractivity contribution in [2.45, 2.75) is 39.8 Å². The molecule has 0 aliphatic rings. The minimum Gasteiger partial charge on any atom is -0.302 e. The standard InChI is InChI=1S/C15H19FN2S/c1-9(13-6-5-7-14(16)8-13)17-10(2)15-11(3)19-12(4)18-15/h5-10,17H,1-4H3/t9-,10?/m0/s1. The molecular weight excluding hydrogens is 259 g/mol. The molecule has 0 fully saturated rings. The lowest BCUT2D eigenvalue weighted by atomic mass is 10.1. The fourth-order valence-corrected chi connectivity index (χ4v) is 3.19. The van der Waals surface area contributed by atoms with Crippen LogP contribution in [0.1, 0.15) is 47.1 Å². The van der Waals surface area contributed by atoms with Crippen LogP contribution in [0.3, 0.4) is 0 Å². The Morgan fingerprint density at radius 3 is 2.53 bits per heavy atom. The Kier molecular flexibility index (Phi) is 4.32. The lowest BCUT2D eigenvalue weighted by Gasteiger charge is -2.19. The summed E-state index contributed by atoms with van der Waals surface area (Å²) < 4.78 is 13.2. The van der Waals surface area contributed by atoms with E-state index in [2.05, 4.69) is 24.1 Å². The molecule has 0 saturated heterocycles. The largest absolute Gasteiger partial charge is 0.302 e. The highest BCUT2D eigenvalue weighted by Gasteiger charge is 2.16. The van der Waals surface area contributed by atoms with Crippen LogP contribution >= 0.6 is 11.3 Å². The Morgan fingerprint density at radius 1 is 1.21 bits per heavy atom. The lowest BCUT2D eigenvalue weighted by Crippen LogP contribution is -2.23. The van der Waals surface area contributed by atoms with E-state index in [9.17, 15) is 4.39 Å². The zero-order valence-electron chi connectivity index (χ0n) is 11.7. The molecule has 2 atom stereocenters. The van der Waals surface area contributed by atoms with Crippen molar-refractivity contribution in [2.75, 3.05) is 0 Å². The van der Waals surface area contributed by atoms with Crippen LogP contribution in [0, 0.1) is 19.7 Å². The summed E-state index contributed by atoms with van der Waals surface area (Å²) in [5.74, 6) is -0.195. The first-order chi connectivity index (χ1) is 8.97. The van der Waals surface area contributed by atoms with Crippen LogP contribution in [-0.4, -0.2) is 4.98 Å². The van der Waals surface area contributed by atoms with Crippen molar-refractivity contribution in [1.29, 1.82) is 0 Å². The molecule has 102 valence electrons. The van der Waals surface area contributed by atoms with E-state index in [-0.39, 0.29) is 17.9 Å². The zero-order chi connectivity index (χ0) is 14.0. The van der Waals surface area contributed by atoms with Crippen LogP contribution in [0.2, 0.25) is 0 Å². The Morgan fingerprint density at radius 2 is 1.95 bits per heavy atom. The summed E-state index contributed by atoms with van der Waals surface area (Å²) in [4.78, 5) is 5.80. The third-order valence-corrected chi connectivity index (χ3v) is 4.10. The van der Waals surface area contributed by atoms with Gasteiger partial charge in [0, 0.05) is 17.0 Å². The highest BCUT2D eigenvalue weighted by atomic mass is 32.1. The van der Waals surface area contributed by atoms with Crippen molar-refractivity contribution in [3.8, 4) is 0 Å². The summed E-state index contributed by atoms with van der Waals surface area (Å²) in [7, 11) is 0. The summed E-state index contributed by atoms with van der Waals surface area (Å²) in [6.45, 7) is 8.24. The van der Waals surface area contributed by atoms with Crippen LogP contribution in [0.15, 0.2) is 24.3 Å². The number of nitrogens with zero attached hydrogens (tertiary/aromatic N) is 1. The van der Waals surface area contributed by atoms with Gasteiger partial charge in [-0.2, -0.15) is 0 Å². The van der Waals surface area contributed by atoms with Crippen molar-refractivity contribution >= 4 is 11.3 Å². The molecule has 0 amide bonds. The number of hydrogen-bond acceptors (Lipinski definition) is 3. The number of nitrogens with one attached hydrogen (secondary N) is 1. The molecule has 0 bridgehead atoms. The van der Waals surface area contributed by atoms with Gasteiger partial charge in [0.1, 0.15) is 5.82 Å². The van der Waals surface area contributed by atoms with Crippen LogP contribution in [0.5, 0.6) is 0 Å². The topological polar surface area (TPSA) is 24.9 Å². The third kappa shape index (κ3) is 3.39. The molecule has 2 rings (SSSR count). The molecular formula is C15H19FN2S. The molecule has 0 saturated carbocycles. The van der Waals surface area contributed by atoms with Gasteiger partial charge in [-0.1, -0.05) is 12.1 Å². The van der Waals surface area contributed by atoms with Gasteiger partial charge in [0.05, 0.1) is 10.7 Å². The summed E-state index contributed by atoms with van der Waals surface area (Å²) in [6, 6.07) is 6.96. The highest BCUT2D eigenvalue weighted by Crippen LogP contribution is 2.25. The van der Waals surface area contributed by atoms with Crippen molar-refractivity contribution in [3.05, 3.63) is 51.2 Å². The Hall–Kier alpha value is -1.26. The molecule has 19 heavy (non-hydrogen) atoms. The second-order valence-electron chi connectivity index (χ2n) is 4.84. The average Bonchev–Trinajstić information content (AvgIpc) is 2.68. The molecule has 1 aromatic heterocycles. The molecule has 1 aromatic carbocycles. The predicted molar refractivity (Wildman–Crippen MR) is 78.0 cm³/mol. The summed E-state index contributed by atoms with van der Waals surface area (Å²) in [5.41, 5.74) is 2.04. The fourth-order valence-electron chi connectivity index (χ4n) is 2.27. The number of aryl methyl sites for hydroxylation is 2. The number of aromatic nitrogens is 1. The second kappa shape index (κ2) is 5.80. The molecule has 1 N–H and O–H groups in total. The molecule has 1 unspecified atom stereocenters. The van der Waals surface area contributed by atoms with Crippen LogP contribution in [0.4, 0.5) is 4.39 Å². The first-order valence-corrected chi connectivity index (χ1v) is 7.24. The normalized spacial score (nSPS) is 14.4. The fraction of sp³-hybridized carbons (Fsp3) is 0.400. The van der Waals surface area contributed by atoms with Gasteiger partial charge >= 0.3 is 0 Å². The Balaban J connectivity index is 2.10. The molecule has 2 aromatic rings. The first kappa shape index (κ1) is 14.2. The molecule has 4 heteroatoms. The maximum atomic E-state index is 13.2. The number of halogens is 1. The number of hydrogen-bond donors (Lipinski definition) is 1. The number of rotatable bonds is 4. The van der Waals surface area contributed by atoms with E-state index in [1.807, 2.05) is 19.9 Å². The van der Waals surface area contributed by atoms with Gasteiger partial charge in [-0.3, -0.25) is 0 Å². The van der Waals surface area contributed by atoms with Gasteiger partial charge in [0.15, 0.2) is 0 Å². The zero-order valence-corrected chi connectivity index (χ0v) is 12.5. The predicted octanol–water partition coefficient (Wildman–Crippen LogP) is 4.31. The van der Waals surface area contributed by atoms with E-state index in [1.165, 1.54) is 10.9 Å². The maximum Gasteiger partial charge on any atom is 0.123 e. The van der Waals surface area contributed by atoms with E-state index < -0.39 is 0 Å². The number of benzene rings is 1. The minimum absolute atomic E-state index is 0.0899. The van der Waals surface area contributed by atoms with Crippen molar-refractivity contribution in [2.24, 2.45) is 0 Å². The maximum absolute atomic E-state index is 13.2. The summed E-state index contributed by atoms with van der Waals surface area (Å²) >= 11 is 1.71. The Labute approximate surface area is 117 Å². The average molecular weight is 278 g/mol. The quantitative estimate of drug-likeness (QED) is 0.901. The molecule has 2 nitrogen and oxygen atoms in total. The van der Waals surface area contributed by atoms with Gasteiger partial charge in [0.25, 0.3) is 0 Å². The van der Waals surface area contributed by atoms with Gasteiger partial charge < -0.3 is 5.32 Å². The lowest BCUT2D eigenvalue weighted by molar-refractivity contribution is 0.483. The third-order valence-electron chi connectivity index (χ3n) is 3.20. The van der Waals surface area contributed by atoms with Crippen molar-refractivity contribution in [1.82, 2.24) is 10.3 Å². The van der Waals surface area contributed by atoms with Crippen molar-refractivity contribution in [3.63, 3.8) is 0 Å². The SMILES string of the molecule is Cc1nc(C(C)N[C@@H](C)c2cccc(F)c2)c(C)s1. The second-order valence-corrected chi connectivity index (χ2v) is 6.25. The molecule has 0 aliphatic carbocycles. The van der Waals surface area contributed by atoms with Gasteiger partial charge in [-0.15, -0.1) is 11.3 Å². The van der Waals surface area contributed by atoms with Crippen molar-refractivity contribution < 1.29 is 4.39 Å². The smallest absolute Gasteiger partial charge is 0.123 e. The Bertz CT molecular complexity index is 565. The minimum atomic E-state index is -0.195. The monoisotopic (exact) mass is 278 g/mol. The van der Waals surface area contributed by atoms with Crippen LogP contribution < -0.4 is 5.32 Å². The van der Waals surface area contributed by atoms with Gasteiger partial charge in [0.2, 0.25) is 0 Å². The van der Waals surface area contributed by atoms with E-state index in [4.69, 9.17) is 0 Å². The summed E-state index contributed by atoms with van der Waals surface area (Å²) in [5, 5.41) is 4.55. The molecule has 0 radical (unpaired) electrons. The van der Waals surface area contributed by atoms with E-state index >= 15 is 0 Å². The molecule has 0 aliphatic heterocycles. The number of thiazole rings is 1.